The molecule has 3 aliphatic heterocycles. The first-order chi connectivity index (χ1) is 25.6. The first-order valence-corrected chi connectivity index (χ1v) is 20.4. The summed E-state index contributed by atoms with van der Waals surface area (Å²) in [7, 11) is 1.75. The van der Waals surface area contributed by atoms with Crippen LogP contribution in [0.5, 0.6) is 0 Å². The summed E-state index contributed by atoms with van der Waals surface area (Å²) in [5, 5.41) is 80.8. The molecule has 7 rings (SSSR count). The molecule has 0 aromatic heterocycles. The van der Waals surface area contributed by atoms with E-state index in [1.165, 1.54) is 5.57 Å². The molecular formula is C40H66O14. The Labute approximate surface area is 318 Å². The molecular weight excluding hydrogens is 704 g/mol. The zero-order chi connectivity index (χ0) is 38.9. The lowest BCUT2D eigenvalue weighted by Crippen LogP contribution is -2.60. The van der Waals surface area contributed by atoms with Crippen LogP contribution in [0, 0.1) is 46.3 Å². The van der Waals surface area contributed by atoms with Gasteiger partial charge in [0, 0.05) is 19.4 Å². The standard InChI is InChI=1S/C40H66O14/c1-19(18-50-36-34(47)32(45)30(43)27(16-41)52-36)8-13-40(49-5)20(2)29-26(54-40)15-25-23-7-6-21-14-22(9-11-38(21,3)24(23)10-12-39(25,29)4)51-37-35(48)33(46)31(44)28(17-42)53-37/h6,19-20,22-37,41-48H,7-18H2,1-5H3/t19?,20-,22-,23+,24-,25-,26-,27+,28+,29-,30+,31+,32-,33-,34+,35+,36+,37+,38-,39-,40?/m0/s1. The topological polar surface area (TPSA) is 217 Å². The Kier molecular flexibility index (Phi) is 12.1. The van der Waals surface area contributed by atoms with E-state index in [0.29, 0.717) is 30.1 Å². The smallest absolute Gasteiger partial charge is 0.186 e. The van der Waals surface area contributed by atoms with Crippen molar-refractivity contribution in [3.63, 3.8) is 0 Å². The van der Waals surface area contributed by atoms with E-state index in [-0.39, 0.29) is 41.5 Å². The molecule has 310 valence electrons. The number of aliphatic hydroxyl groups excluding tert-OH is 8. The Hall–Kier alpha value is -0.820. The van der Waals surface area contributed by atoms with Crippen molar-refractivity contribution in [1.82, 2.24) is 0 Å². The molecule has 2 unspecified atom stereocenters. The summed E-state index contributed by atoms with van der Waals surface area (Å²) >= 11 is 0. The molecule has 8 N–H and O–H groups in total. The number of hydrogen-bond acceptors (Lipinski definition) is 14. The molecule has 14 heteroatoms. The van der Waals surface area contributed by atoms with Gasteiger partial charge in [0.05, 0.1) is 32.0 Å². The van der Waals surface area contributed by atoms with Crippen molar-refractivity contribution in [1.29, 1.82) is 0 Å². The minimum atomic E-state index is -1.47. The fraction of sp³-hybridized carbons (Fsp3) is 0.950. The van der Waals surface area contributed by atoms with Crippen LogP contribution in [0.25, 0.3) is 0 Å². The Balaban J connectivity index is 0.963. The lowest BCUT2D eigenvalue weighted by Gasteiger charge is -2.58. The first-order valence-electron chi connectivity index (χ1n) is 20.4. The van der Waals surface area contributed by atoms with Gasteiger partial charge in [0.25, 0.3) is 0 Å². The zero-order valence-electron chi connectivity index (χ0n) is 32.5. The average Bonchev–Trinajstić information content (AvgIpc) is 3.62. The van der Waals surface area contributed by atoms with Crippen molar-refractivity contribution in [3.05, 3.63) is 11.6 Å². The van der Waals surface area contributed by atoms with Gasteiger partial charge >= 0.3 is 0 Å². The highest BCUT2D eigenvalue weighted by Crippen LogP contribution is 2.70. The van der Waals surface area contributed by atoms with Gasteiger partial charge in [0.15, 0.2) is 18.4 Å². The third-order valence-electron chi connectivity index (χ3n) is 15.6. The van der Waals surface area contributed by atoms with Crippen LogP contribution in [0.4, 0.5) is 0 Å². The minimum Gasteiger partial charge on any atom is -0.394 e. The van der Waals surface area contributed by atoms with Gasteiger partial charge in [-0.3, -0.25) is 0 Å². The van der Waals surface area contributed by atoms with Crippen molar-refractivity contribution in [2.24, 2.45) is 46.3 Å². The van der Waals surface area contributed by atoms with Crippen LogP contribution in [0.2, 0.25) is 0 Å². The molecule has 4 aliphatic carbocycles. The van der Waals surface area contributed by atoms with E-state index >= 15 is 0 Å². The number of hydrogen-bond donors (Lipinski definition) is 8. The van der Waals surface area contributed by atoms with Crippen LogP contribution in [-0.4, -0.2) is 147 Å². The first kappa shape index (κ1) is 41.3. The minimum absolute atomic E-state index is 0.0494. The third kappa shape index (κ3) is 6.85. The van der Waals surface area contributed by atoms with Crippen molar-refractivity contribution >= 4 is 0 Å². The van der Waals surface area contributed by atoms with Crippen molar-refractivity contribution < 1.29 is 69.3 Å². The molecule has 0 aromatic carbocycles. The fourth-order valence-electron chi connectivity index (χ4n) is 12.4. The molecule has 14 nitrogen and oxygen atoms in total. The summed E-state index contributed by atoms with van der Waals surface area (Å²) in [5.41, 5.74) is 1.57. The van der Waals surface area contributed by atoms with E-state index in [9.17, 15) is 40.9 Å². The summed E-state index contributed by atoms with van der Waals surface area (Å²) in [6.45, 7) is 8.53. The number of allylic oxidation sites excluding steroid dienone is 1. The molecule has 3 saturated carbocycles. The van der Waals surface area contributed by atoms with Crippen LogP contribution in [-0.2, 0) is 28.4 Å². The summed E-state index contributed by atoms with van der Waals surface area (Å²) in [6.07, 6.45) is -2.30. The van der Waals surface area contributed by atoms with Gasteiger partial charge in [-0.2, -0.15) is 0 Å². The van der Waals surface area contributed by atoms with Crippen molar-refractivity contribution in [2.75, 3.05) is 26.9 Å². The van der Waals surface area contributed by atoms with Gasteiger partial charge in [0.2, 0.25) is 0 Å². The van der Waals surface area contributed by atoms with Gasteiger partial charge < -0.3 is 69.3 Å². The second-order valence-electron chi connectivity index (χ2n) is 18.4. The van der Waals surface area contributed by atoms with E-state index in [4.69, 9.17) is 28.4 Å². The van der Waals surface area contributed by atoms with Gasteiger partial charge in [-0.15, -0.1) is 0 Å². The average molecular weight is 771 g/mol. The maximum Gasteiger partial charge on any atom is 0.186 e. The van der Waals surface area contributed by atoms with Gasteiger partial charge in [-0.25, -0.2) is 0 Å². The highest BCUT2D eigenvalue weighted by atomic mass is 16.7. The summed E-state index contributed by atoms with van der Waals surface area (Å²) < 4.78 is 36.6. The highest BCUT2D eigenvalue weighted by Gasteiger charge is 2.68. The van der Waals surface area contributed by atoms with Crippen molar-refractivity contribution in [2.45, 2.75) is 165 Å². The SMILES string of the molecule is COC1(CCC(C)CO[C@@H]2O[C@H](CO)[C@@H](O)[C@H](O)[C@H]2O)O[C@H]2C[C@H]3[C@@H]4CC=C5C[C@@H](O[C@@H]6O[C@H](CO)[C@@H](O)[C@H](O)[C@H]6O)CC[C@]5(C)[C@H]4CC[C@]3(C)[C@H]2[C@@H]1C. The lowest BCUT2D eigenvalue weighted by atomic mass is 9.47. The second kappa shape index (κ2) is 15.7. The summed E-state index contributed by atoms with van der Waals surface area (Å²) in [4.78, 5) is 0. The van der Waals surface area contributed by atoms with E-state index < -0.39 is 80.4 Å². The molecule has 3 saturated heterocycles. The van der Waals surface area contributed by atoms with Gasteiger partial charge in [-0.1, -0.05) is 39.3 Å². The van der Waals surface area contributed by atoms with Crippen LogP contribution in [0.15, 0.2) is 11.6 Å². The Morgan fingerprint density at radius 2 is 1.50 bits per heavy atom. The molecule has 0 bridgehead atoms. The molecule has 0 spiro atoms. The zero-order valence-corrected chi connectivity index (χ0v) is 32.5. The Bertz CT molecular complexity index is 1330. The van der Waals surface area contributed by atoms with E-state index in [0.717, 1.165) is 51.4 Å². The molecule has 21 atom stereocenters. The molecule has 0 radical (unpaired) electrons. The lowest BCUT2D eigenvalue weighted by molar-refractivity contribution is -0.313. The quantitative estimate of drug-likeness (QED) is 0.138. The maximum atomic E-state index is 10.6. The predicted octanol–water partition coefficient (Wildman–Crippen LogP) is 0.971. The van der Waals surface area contributed by atoms with Gasteiger partial charge in [-0.05, 0) is 91.8 Å². The molecule has 54 heavy (non-hydrogen) atoms. The normalized spacial score (nSPS) is 53.6. The maximum absolute atomic E-state index is 10.6. The number of ether oxygens (including phenoxy) is 6. The van der Waals surface area contributed by atoms with E-state index in [2.05, 4.69) is 26.8 Å². The van der Waals surface area contributed by atoms with Crippen LogP contribution in [0.3, 0.4) is 0 Å². The number of methoxy groups -OCH3 is 1. The molecule has 0 amide bonds. The molecule has 0 aromatic rings. The molecule has 6 fully saturated rings. The summed E-state index contributed by atoms with van der Waals surface area (Å²) in [5.74, 6) is 1.52. The van der Waals surface area contributed by atoms with Crippen LogP contribution in [0.1, 0.15) is 85.5 Å². The second-order valence-corrected chi connectivity index (χ2v) is 18.4. The Morgan fingerprint density at radius 3 is 2.15 bits per heavy atom. The highest BCUT2D eigenvalue weighted by molar-refractivity contribution is 5.26. The number of fused-ring (bicyclic) bond motifs is 7. The largest absolute Gasteiger partial charge is 0.394 e. The third-order valence-corrected chi connectivity index (χ3v) is 15.6. The van der Waals surface area contributed by atoms with Crippen LogP contribution < -0.4 is 0 Å². The molecule has 7 aliphatic rings. The fourth-order valence-corrected chi connectivity index (χ4v) is 12.4. The number of rotatable bonds is 11. The van der Waals surface area contributed by atoms with Crippen LogP contribution >= 0.6 is 0 Å². The predicted molar refractivity (Wildman–Crippen MR) is 191 cm³/mol. The van der Waals surface area contributed by atoms with Crippen molar-refractivity contribution in [3.8, 4) is 0 Å². The van der Waals surface area contributed by atoms with E-state index in [1.54, 1.807) is 7.11 Å². The van der Waals surface area contributed by atoms with E-state index in [1.807, 2.05) is 6.92 Å². The Morgan fingerprint density at radius 1 is 0.852 bits per heavy atom. The monoisotopic (exact) mass is 770 g/mol. The number of aliphatic hydroxyl groups is 8. The molecule has 3 heterocycles. The summed E-state index contributed by atoms with van der Waals surface area (Å²) in [6, 6.07) is 0. The van der Waals surface area contributed by atoms with Gasteiger partial charge in [0.1, 0.15) is 48.8 Å².